The van der Waals surface area contributed by atoms with Crippen LogP contribution in [0.25, 0.3) is 0 Å². The van der Waals surface area contributed by atoms with E-state index < -0.39 is 40.0 Å². The molecule has 7 nitrogen and oxygen atoms in total. The molecule has 0 saturated carbocycles. The summed E-state index contributed by atoms with van der Waals surface area (Å²) >= 11 is 0. The lowest BCUT2D eigenvalue weighted by Crippen LogP contribution is -2.50. The minimum atomic E-state index is -4.42. The number of unbranched alkanes of at least 4 members (excludes halogenated alkanes) is 19. The zero-order valence-electron chi connectivity index (χ0n) is 25.1. The molecule has 0 aromatic rings. The van der Waals surface area contributed by atoms with Gasteiger partial charge in [0.15, 0.2) is 0 Å². The maximum Gasteiger partial charge on any atom is 0.267 e. The molecule has 8 heteroatoms. The van der Waals surface area contributed by atoms with E-state index >= 15 is 0 Å². The molecule has 0 aromatic carbocycles. The van der Waals surface area contributed by atoms with E-state index in [1.165, 1.54) is 83.1 Å². The number of rotatable bonds is 28. The molecule has 232 valence electrons. The first-order valence-corrected chi connectivity index (χ1v) is 17.6. The number of hydrogen-bond donors (Lipinski definition) is 4. The van der Waals surface area contributed by atoms with Crippen molar-refractivity contribution in [1.82, 2.24) is 5.32 Å². The number of aliphatic hydroxyl groups is 2. The van der Waals surface area contributed by atoms with Crippen molar-refractivity contribution in [2.75, 3.05) is 5.75 Å². The Labute approximate surface area is 240 Å². The topological polar surface area (TPSA) is 124 Å². The first kappa shape index (κ1) is 38.0. The van der Waals surface area contributed by atoms with Crippen molar-refractivity contribution in [3.8, 4) is 0 Å². The molecule has 0 saturated heterocycles. The number of allylic oxidation sites excluding steroid dienone is 1. The summed E-state index contributed by atoms with van der Waals surface area (Å²) in [7, 11) is -4.42. The van der Waals surface area contributed by atoms with Crippen LogP contribution in [0.1, 0.15) is 155 Å². The third kappa shape index (κ3) is 25.7. The molecular formula is C31H61NO6S. The Bertz CT molecular complexity index is 697. The van der Waals surface area contributed by atoms with E-state index in [0.29, 0.717) is 6.42 Å². The van der Waals surface area contributed by atoms with Gasteiger partial charge in [-0.2, -0.15) is 8.42 Å². The predicted molar refractivity (Wildman–Crippen MR) is 162 cm³/mol. The SMILES string of the molecule is CCCCCC/C=C/C(O)C(CS(=O)(=O)O)NC(=O)C(O)CCCCCCCCCCCCCCCCCC. The Kier molecular flexibility index (Phi) is 25.3. The Morgan fingerprint density at radius 1 is 0.692 bits per heavy atom. The molecule has 1 amide bonds. The van der Waals surface area contributed by atoms with Crippen LogP contribution in [0.15, 0.2) is 12.2 Å². The highest BCUT2D eigenvalue weighted by Crippen LogP contribution is 2.15. The van der Waals surface area contributed by atoms with Gasteiger partial charge in [0.1, 0.15) is 6.10 Å². The highest BCUT2D eigenvalue weighted by atomic mass is 32.2. The normalized spacial score (nSPS) is 14.5. The Balaban J connectivity index is 4.02. The molecule has 0 radical (unpaired) electrons. The van der Waals surface area contributed by atoms with Gasteiger partial charge in [0, 0.05) is 0 Å². The van der Waals surface area contributed by atoms with Crippen molar-refractivity contribution in [3.05, 3.63) is 12.2 Å². The van der Waals surface area contributed by atoms with Gasteiger partial charge in [-0.1, -0.05) is 148 Å². The third-order valence-electron chi connectivity index (χ3n) is 7.32. The van der Waals surface area contributed by atoms with Gasteiger partial charge in [0.2, 0.25) is 5.91 Å². The number of amides is 1. The molecular weight excluding hydrogens is 514 g/mol. The van der Waals surface area contributed by atoms with Gasteiger partial charge < -0.3 is 15.5 Å². The average molecular weight is 576 g/mol. The minimum absolute atomic E-state index is 0.284. The molecule has 0 aliphatic rings. The molecule has 39 heavy (non-hydrogen) atoms. The lowest BCUT2D eigenvalue weighted by Gasteiger charge is -2.22. The lowest BCUT2D eigenvalue weighted by atomic mass is 10.0. The Morgan fingerprint density at radius 2 is 1.10 bits per heavy atom. The van der Waals surface area contributed by atoms with E-state index in [1.807, 2.05) is 0 Å². The molecule has 0 spiro atoms. The van der Waals surface area contributed by atoms with Crippen molar-refractivity contribution < 1.29 is 28.0 Å². The van der Waals surface area contributed by atoms with Crippen LogP contribution in [0.4, 0.5) is 0 Å². The van der Waals surface area contributed by atoms with Crippen LogP contribution in [-0.4, -0.2) is 53.1 Å². The van der Waals surface area contributed by atoms with Gasteiger partial charge in [-0.25, -0.2) is 0 Å². The second-order valence-corrected chi connectivity index (χ2v) is 12.7. The molecule has 0 aliphatic carbocycles. The monoisotopic (exact) mass is 575 g/mol. The number of hydrogen-bond acceptors (Lipinski definition) is 5. The summed E-state index contributed by atoms with van der Waals surface area (Å²) in [6.45, 7) is 4.38. The van der Waals surface area contributed by atoms with Crippen LogP contribution in [-0.2, 0) is 14.9 Å². The number of carbonyl (C=O) groups is 1. The van der Waals surface area contributed by atoms with Crippen molar-refractivity contribution in [2.45, 2.75) is 173 Å². The summed E-state index contributed by atoms with van der Waals surface area (Å²) in [5.74, 6) is -1.54. The summed E-state index contributed by atoms with van der Waals surface area (Å²) in [6, 6.07) is -1.22. The van der Waals surface area contributed by atoms with Crippen molar-refractivity contribution in [1.29, 1.82) is 0 Å². The van der Waals surface area contributed by atoms with Crippen LogP contribution in [0.3, 0.4) is 0 Å². The van der Waals surface area contributed by atoms with Crippen LogP contribution < -0.4 is 5.32 Å². The largest absolute Gasteiger partial charge is 0.387 e. The zero-order chi connectivity index (χ0) is 29.2. The molecule has 0 heterocycles. The van der Waals surface area contributed by atoms with Crippen molar-refractivity contribution >= 4 is 16.0 Å². The van der Waals surface area contributed by atoms with Gasteiger partial charge >= 0.3 is 0 Å². The third-order valence-corrected chi connectivity index (χ3v) is 8.10. The highest BCUT2D eigenvalue weighted by molar-refractivity contribution is 7.85. The van der Waals surface area contributed by atoms with Crippen molar-refractivity contribution in [2.24, 2.45) is 0 Å². The summed E-state index contributed by atoms with van der Waals surface area (Å²) in [4.78, 5) is 12.4. The van der Waals surface area contributed by atoms with Gasteiger partial charge in [0.05, 0.1) is 17.9 Å². The maximum absolute atomic E-state index is 12.4. The second-order valence-electron chi connectivity index (χ2n) is 11.2. The van der Waals surface area contributed by atoms with E-state index in [0.717, 1.165) is 51.4 Å². The van der Waals surface area contributed by atoms with Crippen LogP contribution in [0.5, 0.6) is 0 Å². The fraction of sp³-hybridized carbons (Fsp3) is 0.903. The summed E-state index contributed by atoms with van der Waals surface area (Å²) in [6.07, 6.45) is 25.9. The Hall–Kier alpha value is -0.960. The van der Waals surface area contributed by atoms with Crippen molar-refractivity contribution in [3.63, 3.8) is 0 Å². The summed E-state index contributed by atoms with van der Waals surface area (Å²) in [5.41, 5.74) is 0. The first-order valence-electron chi connectivity index (χ1n) is 16.0. The standard InChI is InChI=1S/C31H61NO6S/c1-3-5-7-9-11-12-13-14-15-16-17-18-19-20-22-24-26-30(34)31(35)32-28(27-39(36,37)38)29(33)25-23-21-10-8-6-4-2/h23,25,28-30,33-34H,3-22,24,26-27H2,1-2H3,(H,32,35)(H,36,37,38)/b25-23+. The fourth-order valence-corrected chi connectivity index (χ4v) is 5.54. The van der Waals surface area contributed by atoms with E-state index in [9.17, 15) is 28.0 Å². The minimum Gasteiger partial charge on any atom is -0.387 e. The number of aliphatic hydroxyl groups excluding tert-OH is 2. The Morgan fingerprint density at radius 3 is 1.54 bits per heavy atom. The van der Waals surface area contributed by atoms with Crippen LogP contribution >= 0.6 is 0 Å². The van der Waals surface area contributed by atoms with Gasteiger partial charge in [-0.15, -0.1) is 0 Å². The van der Waals surface area contributed by atoms with E-state index in [-0.39, 0.29) is 6.42 Å². The van der Waals surface area contributed by atoms with E-state index in [2.05, 4.69) is 19.2 Å². The molecule has 0 bridgehead atoms. The number of carbonyl (C=O) groups excluding carboxylic acids is 1. The molecule has 3 unspecified atom stereocenters. The van der Waals surface area contributed by atoms with Gasteiger partial charge in [-0.3, -0.25) is 9.35 Å². The molecule has 0 rings (SSSR count). The van der Waals surface area contributed by atoms with E-state index in [1.54, 1.807) is 6.08 Å². The zero-order valence-corrected chi connectivity index (χ0v) is 25.9. The molecule has 0 aromatic heterocycles. The van der Waals surface area contributed by atoms with Gasteiger partial charge in [0.25, 0.3) is 10.1 Å². The number of nitrogens with one attached hydrogen (secondary N) is 1. The smallest absolute Gasteiger partial charge is 0.267 e. The molecule has 3 atom stereocenters. The quantitative estimate of drug-likeness (QED) is 0.0442. The molecule has 0 aliphatic heterocycles. The summed E-state index contributed by atoms with van der Waals surface area (Å²) < 4.78 is 32.0. The average Bonchev–Trinajstić information content (AvgIpc) is 2.88. The molecule has 0 fully saturated rings. The summed E-state index contributed by atoms with van der Waals surface area (Å²) in [5, 5.41) is 23.0. The van der Waals surface area contributed by atoms with E-state index in [4.69, 9.17) is 0 Å². The second kappa shape index (κ2) is 26.0. The highest BCUT2D eigenvalue weighted by Gasteiger charge is 2.27. The fourth-order valence-electron chi connectivity index (χ4n) is 4.81. The molecule has 4 N–H and O–H groups in total. The van der Waals surface area contributed by atoms with Gasteiger partial charge in [-0.05, 0) is 19.3 Å². The maximum atomic E-state index is 12.4. The first-order chi connectivity index (χ1) is 18.7. The predicted octanol–water partition coefficient (Wildman–Crippen LogP) is 7.26. The van der Waals surface area contributed by atoms with Crippen LogP contribution in [0.2, 0.25) is 0 Å². The van der Waals surface area contributed by atoms with Crippen LogP contribution in [0, 0.1) is 0 Å². The lowest BCUT2D eigenvalue weighted by molar-refractivity contribution is -0.130.